The third-order valence-corrected chi connectivity index (χ3v) is 5.80. The first kappa shape index (κ1) is 21.1. The number of halogens is 1. The van der Waals surface area contributed by atoms with Crippen LogP contribution in [-0.4, -0.2) is 47.0 Å². The van der Waals surface area contributed by atoms with Crippen molar-refractivity contribution in [2.75, 3.05) is 32.7 Å². The normalized spacial score (nSPS) is 11.7. The maximum Gasteiger partial charge on any atom is 0.240 e. The molecule has 1 amide bonds. The molecule has 0 heterocycles. The van der Waals surface area contributed by atoms with Crippen molar-refractivity contribution in [2.24, 2.45) is 0 Å². The minimum atomic E-state index is -3.57. The molecule has 24 heavy (non-hydrogen) atoms. The summed E-state index contributed by atoms with van der Waals surface area (Å²) in [5.41, 5.74) is 0. The van der Waals surface area contributed by atoms with Crippen LogP contribution < -0.4 is 14.9 Å². The number of hydrogen-bond donors (Lipinski definition) is 3. The minimum Gasteiger partial charge on any atom is -0.356 e. The standard InChI is InChI=1S/C16H26BrN3O3S/c1-3-20(4-2)13-5-11-18-16(21)10-12-19-24(22,23)15-8-6-14(17)7-9-15/h6-9,19H,3-5,10-13H2,1-2H3,(H,18,21)/p+1. The van der Waals surface area contributed by atoms with Gasteiger partial charge in [-0.05, 0) is 38.1 Å². The van der Waals surface area contributed by atoms with Gasteiger partial charge >= 0.3 is 0 Å². The SMILES string of the molecule is CC[NH+](CC)CCCNC(=O)CCNS(=O)(=O)c1ccc(Br)cc1. The number of nitrogens with one attached hydrogen (secondary N) is 3. The van der Waals surface area contributed by atoms with Crippen molar-refractivity contribution in [3.05, 3.63) is 28.7 Å². The summed E-state index contributed by atoms with van der Waals surface area (Å²) in [4.78, 5) is 13.4. The molecule has 1 aromatic rings. The highest BCUT2D eigenvalue weighted by atomic mass is 79.9. The Morgan fingerprint density at radius 3 is 2.33 bits per heavy atom. The van der Waals surface area contributed by atoms with Gasteiger partial charge in [-0.1, -0.05) is 15.9 Å². The average molecular weight is 421 g/mol. The smallest absolute Gasteiger partial charge is 0.240 e. The second-order valence-corrected chi connectivity index (χ2v) is 8.19. The molecule has 8 heteroatoms. The number of quaternary nitrogens is 1. The van der Waals surface area contributed by atoms with Crippen molar-refractivity contribution in [1.82, 2.24) is 10.0 Å². The monoisotopic (exact) mass is 420 g/mol. The van der Waals surface area contributed by atoms with Crippen molar-refractivity contribution >= 4 is 31.9 Å². The van der Waals surface area contributed by atoms with Gasteiger partial charge in [-0.25, -0.2) is 13.1 Å². The molecule has 1 aromatic carbocycles. The Morgan fingerprint density at radius 1 is 1.12 bits per heavy atom. The van der Waals surface area contributed by atoms with Gasteiger partial charge in [0.2, 0.25) is 15.9 Å². The molecule has 0 aromatic heterocycles. The number of amides is 1. The topological polar surface area (TPSA) is 79.7 Å². The van der Waals surface area contributed by atoms with E-state index in [1.54, 1.807) is 12.1 Å². The number of rotatable bonds is 11. The van der Waals surface area contributed by atoms with Crippen LogP contribution in [0.2, 0.25) is 0 Å². The van der Waals surface area contributed by atoms with E-state index in [1.165, 1.54) is 17.0 Å². The van der Waals surface area contributed by atoms with Gasteiger partial charge in [0.05, 0.1) is 24.5 Å². The first-order chi connectivity index (χ1) is 11.4. The maximum atomic E-state index is 12.1. The Hall–Kier alpha value is -0.960. The zero-order chi connectivity index (χ0) is 18.0. The molecule has 0 spiro atoms. The van der Waals surface area contributed by atoms with E-state index in [2.05, 4.69) is 39.8 Å². The second-order valence-electron chi connectivity index (χ2n) is 5.51. The molecule has 0 aliphatic carbocycles. The molecule has 0 radical (unpaired) electrons. The summed E-state index contributed by atoms with van der Waals surface area (Å²) < 4.78 is 27.4. The quantitative estimate of drug-likeness (QED) is 0.457. The van der Waals surface area contributed by atoms with Crippen LogP contribution in [0.4, 0.5) is 0 Å². The highest BCUT2D eigenvalue weighted by Gasteiger charge is 2.13. The van der Waals surface area contributed by atoms with Gasteiger partial charge in [-0.15, -0.1) is 0 Å². The molecule has 0 atom stereocenters. The van der Waals surface area contributed by atoms with Gasteiger partial charge in [0.15, 0.2) is 0 Å². The molecule has 0 aliphatic heterocycles. The molecule has 0 saturated heterocycles. The van der Waals surface area contributed by atoms with E-state index in [9.17, 15) is 13.2 Å². The highest BCUT2D eigenvalue weighted by molar-refractivity contribution is 9.10. The summed E-state index contributed by atoms with van der Waals surface area (Å²) in [5, 5.41) is 2.83. The molecular weight excluding hydrogens is 394 g/mol. The summed E-state index contributed by atoms with van der Waals surface area (Å²) >= 11 is 3.26. The van der Waals surface area contributed by atoms with Gasteiger partial charge in [-0.3, -0.25) is 4.79 Å². The van der Waals surface area contributed by atoms with Crippen LogP contribution in [0.5, 0.6) is 0 Å². The first-order valence-electron chi connectivity index (χ1n) is 8.24. The van der Waals surface area contributed by atoms with Crippen molar-refractivity contribution in [3.8, 4) is 0 Å². The van der Waals surface area contributed by atoms with Crippen LogP contribution in [0.15, 0.2) is 33.6 Å². The number of hydrogen-bond acceptors (Lipinski definition) is 3. The molecular formula is C16H27BrN3O3S+. The van der Waals surface area contributed by atoms with E-state index >= 15 is 0 Å². The predicted molar refractivity (Wildman–Crippen MR) is 98.5 cm³/mol. The fourth-order valence-corrected chi connectivity index (χ4v) is 3.55. The summed E-state index contributed by atoms with van der Waals surface area (Å²) in [5.74, 6) is -0.136. The van der Waals surface area contributed by atoms with Crippen LogP contribution >= 0.6 is 15.9 Å². The van der Waals surface area contributed by atoms with Crippen molar-refractivity contribution in [3.63, 3.8) is 0 Å². The Bertz CT molecular complexity index is 601. The van der Waals surface area contributed by atoms with Crippen LogP contribution in [-0.2, 0) is 14.8 Å². The summed E-state index contributed by atoms with van der Waals surface area (Å²) in [7, 11) is -3.57. The molecule has 0 fully saturated rings. The molecule has 136 valence electrons. The van der Waals surface area contributed by atoms with Crippen LogP contribution in [0.25, 0.3) is 0 Å². The third-order valence-electron chi connectivity index (χ3n) is 3.80. The Kier molecular flexibility index (Phi) is 9.50. The van der Waals surface area contributed by atoms with Crippen LogP contribution in [0.3, 0.4) is 0 Å². The van der Waals surface area contributed by atoms with E-state index in [1.807, 2.05) is 0 Å². The Balaban J connectivity index is 2.26. The lowest BCUT2D eigenvalue weighted by atomic mass is 10.3. The minimum absolute atomic E-state index is 0.0888. The van der Waals surface area contributed by atoms with Crippen molar-refractivity contribution in [1.29, 1.82) is 0 Å². The lowest BCUT2D eigenvalue weighted by molar-refractivity contribution is -0.896. The van der Waals surface area contributed by atoms with E-state index in [0.29, 0.717) is 6.54 Å². The Morgan fingerprint density at radius 2 is 1.75 bits per heavy atom. The molecule has 1 rings (SSSR count). The lowest BCUT2D eigenvalue weighted by Gasteiger charge is -2.15. The molecule has 6 nitrogen and oxygen atoms in total. The number of carbonyl (C=O) groups excluding carboxylic acids is 1. The lowest BCUT2D eigenvalue weighted by Crippen LogP contribution is -3.11. The molecule has 0 saturated carbocycles. The van der Waals surface area contributed by atoms with E-state index in [0.717, 1.165) is 30.5 Å². The molecule has 0 aliphatic rings. The number of sulfonamides is 1. The molecule has 0 unspecified atom stereocenters. The fraction of sp³-hybridized carbons (Fsp3) is 0.562. The number of benzene rings is 1. The summed E-state index contributed by atoms with van der Waals surface area (Å²) in [6, 6.07) is 6.36. The van der Waals surface area contributed by atoms with Crippen LogP contribution in [0, 0.1) is 0 Å². The highest BCUT2D eigenvalue weighted by Crippen LogP contribution is 2.14. The van der Waals surface area contributed by atoms with Gasteiger partial charge in [-0.2, -0.15) is 0 Å². The zero-order valence-electron chi connectivity index (χ0n) is 14.3. The maximum absolute atomic E-state index is 12.1. The van der Waals surface area contributed by atoms with E-state index < -0.39 is 10.0 Å². The largest absolute Gasteiger partial charge is 0.356 e. The van der Waals surface area contributed by atoms with Gasteiger partial charge in [0.25, 0.3) is 0 Å². The first-order valence-corrected chi connectivity index (χ1v) is 10.5. The van der Waals surface area contributed by atoms with Gasteiger partial charge in [0.1, 0.15) is 0 Å². The van der Waals surface area contributed by atoms with Gasteiger partial charge < -0.3 is 10.2 Å². The number of carbonyl (C=O) groups is 1. The summed E-state index contributed by atoms with van der Waals surface area (Å²) in [6.45, 7) is 8.21. The fourth-order valence-electron chi connectivity index (χ4n) is 2.25. The van der Waals surface area contributed by atoms with Crippen molar-refractivity contribution < 1.29 is 18.1 Å². The predicted octanol–water partition coefficient (Wildman–Crippen LogP) is 0.549. The molecule has 3 N–H and O–H groups in total. The third kappa shape index (κ3) is 7.74. The Labute approximate surface area is 153 Å². The average Bonchev–Trinajstić information content (AvgIpc) is 2.55. The van der Waals surface area contributed by atoms with E-state index in [-0.39, 0.29) is 23.8 Å². The molecule has 0 bridgehead atoms. The zero-order valence-corrected chi connectivity index (χ0v) is 16.7. The second kappa shape index (κ2) is 10.8. The van der Waals surface area contributed by atoms with Crippen LogP contribution in [0.1, 0.15) is 26.7 Å². The summed E-state index contributed by atoms with van der Waals surface area (Å²) in [6.07, 6.45) is 1.06. The van der Waals surface area contributed by atoms with Crippen molar-refractivity contribution in [2.45, 2.75) is 31.6 Å². The van der Waals surface area contributed by atoms with E-state index in [4.69, 9.17) is 0 Å². The van der Waals surface area contributed by atoms with Gasteiger partial charge in [0, 0.05) is 30.4 Å².